The van der Waals surface area contributed by atoms with E-state index < -0.39 is 0 Å². The van der Waals surface area contributed by atoms with Crippen LogP contribution >= 0.6 is 23.2 Å². The second kappa shape index (κ2) is 7.82. The molecule has 0 radical (unpaired) electrons. The van der Waals surface area contributed by atoms with Crippen LogP contribution in [-0.2, 0) is 0 Å². The van der Waals surface area contributed by atoms with Gasteiger partial charge in [0.25, 0.3) is 0 Å². The summed E-state index contributed by atoms with van der Waals surface area (Å²) >= 11 is 12.7. The van der Waals surface area contributed by atoms with E-state index >= 15 is 0 Å². The molecule has 0 saturated carbocycles. The lowest BCUT2D eigenvalue weighted by atomic mass is 9.98. The van der Waals surface area contributed by atoms with Crippen LogP contribution in [0.4, 0.5) is 10.1 Å². The minimum atomic E-state index is -0.274. The van der Waals surface area contributed by atoms with Gasteiger partial charge in [-0.25, -0.2) is 4.39 Å². The monoisotopic (exact) mass is 414 g/mol. The third-order valence-corrected chi connectivity index (χ3v) is 5.30. The van der Waals surface area contributed by atoms with E-state index in [2.05, 4.69) is 0 Å². The highest BCUT2D eigenvalue weighted by atomic mass is 35.5. The van der Waals surface area contributed by atoms with E-state index in [-0.39, 0.29) is 11.9 Å². The van der Waals surface area contributed by atoms with E-state index in [0.29, 0.717) is 16.5 Å². The van der Waals surface area contributed by atoms with Crippen molar-refractivity contribution >= 4 is 34.6 Å². The normalized spacial score (nSPS) is 16.2. The van der Waals surface area contributed by atoms with Gasteiger partial charge in [0.2, 0.25) is 0 Å². The van der Waals surface area contributed by atoms with Crippen LogP contribution in [0.3, 0.4) is 0 Å². The van der Waals surface area contributed by atoms with Crippen molar-refractivity contribution in [3.63, 3.8) is 0 Å². The largest absolute Gasteiger partial charge is 0.497 e. The first-order valence-corrected chi connectivity index (χ1v) is 9.52. The molecule has 1 aliphatic heterocycles. The summed E-state index contributed by atoms with van der Waals surface area (Å²) in [5, 5.41) is 7.84. The summed E-state index contributed by atoms with van der Waals surface area (Å²) in [7, 11) is 1.64. The predicted octanol–water partition coefficient (Wildman–Crippen LogP) is 6.50. The van der Waals surface area contributed by atoms with Crippen LogP contribution in [-0.4, -0.2) is 12.8 Å². The number of hydrogen-bond donors (Lipinski definition) is 0. The van der Waals surface area contributed by atoms with E-state index in [1.54, 1.807) is 37.4 Å². The number of hydrogen-bond acceptors (Lipinski definition) is 3. The van der Waals surface area contributed by atoms with Crippen LogP contribution in [0.1, 0.15) is 23.6 Å². The summed E-state index contributed by atoms with van der Waals surface area (Å²) in [5.41, 5.74) is 3.53. The zero-order chi connectivity index (χ0) is 19.7. The Hall–Kier alpha value is -2.56. The Labute approximate surface area is 173 Å². The lowest BCUT2D eigenvalue weighted by Gasteiger charge is -2.25. The third kappa shape index (κ3) is 3.71. The number of benzene rings is 3. The van der Waals surface area contributed by atoms with Crippen LogP contribution in [0.25, 0.3) is 0 Å². The van der Waals surface area contributed by atoms with Crippen LogP contribution in [0.15, 0.2) is 71.8 Å². The molecule has 142 valence electrons. The first-order valence-electron chi connectivity index (χ1n) is 8.77. The van der Waals surface area contributed by atoms with Crippen LogP contribution in [0.2, 0.25) is 10.0 Å². The first kappa shape index (κ1) is 18.8. The van der Waals surface area contributed by atoms with Crippen LogP contribution in [0, 0.1) is 5.82 Å². The molecule has 3 aromatic rings. The van der Waals surface area contributed by atoms with Crippen LogP contribution < -0.4 is 9.75 Å². The molecule has 0 bridgehead atoms. The molecule has 1 atom stereocenters. The van der Waals surface area contributed by atoms with Gasteiger partial charge in [-0.2, -0.15) is 5.10 Å². The van der Waals surface area contributed by atoms with E-state index in [1.807, 2.05) is 29.3 Å². The highest BCUT2D eigenvalue weighted by molar-refractivity contribution is 6.35. The average Bonchev–Trinajstić information content (AvgIpc) is 3.15. The van der Waals surface area contributed by atoms with Gasteiger partial charge in [-0.15, -0.1) is 0 Å². The minimum Gasteiger partial charge on any atom is -0.497 e. The lowest BCUT2D eigenvalue weighted by molar-refractivity contribution is 0.414. The Morgan fingerprint density at radius 3 is 2.39 bits per heavy atom. The Kier molecular flexibility index (Phi) is 5.25. The standard InChI is InChI=1S/C22H17Cl2FN2O/c1-28-18-9-4-15(5-10-18)21-13-20(14-2-7-17(25)8-3-14)26-27(21)22-12-16(23)6-11-19(22)24/h2-12,21H,13H2,1H3. The molecule has 1 aliphatic rings. The maximum atomic E-state index is 13.3. The van der Waals surface area contributed by atoms with Crippen molar-refractivity contribution in [1.82, 2.24) is 0 Å². The molecule has 1 unspecified atom stereocenters. The van der Waals surface area contributed by atoms with Crippen molar-refractivity contribution in [2.45, 2.75) is 12.5 Å². The van der Waals surface area contributed by atoms with Gasteiger partial charge in [0.1, 0.15) is 11.6 Å². The summed E-state index contributed by atoms with van der Waals surface area (Å²) in [6.07, 6.45) is 0.654. The summed E-state index contributed by atoms with van der Waals surface area (Å²) in [5.74, 6) is 0.512. The molecule has 3 nitrogen and oxygen atoms in total. The quantitative estimate of drug-likeness (QED) is 0.486. The molecule has 0 N–H and O–H groups in total. The van der Waals surface area contributed by atoms with Gasteiger partial charge in [-0.1, -0.05) is 47.5 Å². The SMILES string of the molecule is COc1ccc(C2CC(c3ccc(F)cc3)=NN2c2cc(Cl)ccc2Cl)cc1. The number of nitrogens with zero attached hydrogens (tertiary/aromatic N) is 2. The summed E-state index contributed by atoms with van der Waals surface area (Å²) in [6.45, 7) is 0. The van der Waals surface area contributed by atoms with Gasteiger partial charge in [0.15, 0.2) is 0 Å². The fourth-order valence-electron chi connectivity index (χ4n) is 3.30. The molecule has 0 aromatic heterocycles. The molecule has 28 heavy (non-hydrogen) atoms. The van der Waals surface area contributed by atoms with E-state index in [4.69, 9.17) is 33.0 Å². The highest BCUT2D eigenvalue weighted by Crippen LogP contribution is 2.41. The van der Waals surface area contributed by atoms with Gasteiger partial charge in [0.05, 0.1) is 29.6 Å². The number of anilines is 1. The smallest absolute Gasteiger partial charge is 0.123 e. The molecule has 1 heterocycles. The number of ether oxygens (including phenoxy) is 1. The number of rotatable bonds is 4. The molecule has 4 rings (SSSR count). The molecule has 0 spiro atoms. The zero-order valence-corrected chi connectivity index (χ0v) is 16.6. The Morgan fingerprint density at radius 2 is 1.71 bits per heavy atom. The Bertz CT molecular complexity index is 1020. The summed E-state index contributed by atoms with van der Waals surface area (Å²) < 4.78 is 18.6. The van der Waals surface area contributed by atoms with Gasteiger partial charge in [-0.05, 0) is 53.6 Å². The van der Waals surface area contributed by atoms with E-state index in [1.165, 1.54) is 12.1 Å². The van der Waals surface area contributed by atoms with Crippen molar-refractivity contribution in [2.75, 3.05) is 12.1 Å². The topological polar surface area (TPSA) is 24.8 Å². The molecular weight excluding hydrogens is 398 g/mol. The predicted molar refractivity (Wildman–Crippen MR) is 112 cm³/mol. The molecule has 0 amide bonds. The van der Waals surface area contributed by atoms with E-state index in [9.17, 15) is 4.39 Å². The molecular formula is C22H17Cl2FN2O. The maximum Gasteiger partial charge on any atom is 0.123 e. The van der Waals surface area contributed by atoms with Gasteiger partial charge < -0.3 is 4.74 Å². The highest BCUT2D eigenvalue weighted by Gasteiger charge is 2.31. The fourth-order valence-corrected chi connectivity index (χ4v) is 3.67. The number of methoxy groups -OCH3 is 1. The van der Waals surface area contributed by atoms with Crippen molar-refractivity contribution < 1.29 is 9.13 Å². The minimum absolute atomic E-state index is 0.0677. The van der Waals surface area contributed by atoms with Gasteiger partial charge in [0, 0.05) is 11.4 Å². The first-order chi connectivity index (χ1) is 13.5. The zero-order valence-electron chi connectivity index (χ0n) is 15.1. The Balaban J connectivity index is 1.77. The summed E-state index contributed by atoms with van der Waals surface area (Å²) in [6, 6.07) is 19.5. The van der Waals surface area contributed by atoms with Crippen LogP contribution in [0.5, 0.6) is 5.75 Å². The van der Waals surface area contributed by atoms with Crippen molar-refractivity contribution in [1.29, 1.82) is 0 Å². The van der Waals surface area contributed by atoms with Crippen molar-refractivity contribution in [2.24, 2.45) is 5.10 Å². The molecule has 0 aliphatic carbocycles. The molecule has 3 aromatic carbocycles. The van der Waals surface area contributed by atoms with Gasteiger partial charge in [-0.3, -0.25) is 5.01 Å². The number of hydrazone groups is 1. The third-order valence-electron chi connectivity index (χ3n) is 4.74. The van der Waals surface area contributed by atoms with Gasteiger partial charge >= 0.3 is 0 Å². The van der Waals surface area contributed by atoms with Crippen molar-refractivity contribution in [3.05, 3.63) is 93.7 Å². The Morgan fingerprint density at radius 1 is 1.00 bits per heavy atom. The lowest BCUT2D eigenvalue weighted by Crippen LogP contribution is -2.18. The molecule has 6 heteroatoms. The average molecular weight is 415 g/mol. The second-order valence-corrected chi connectivity index (χ2v) is 7.33. The number of halogens is 3. The molecule has 0 fully saturated rings. The maximum absolute atomic E-state index is 13.3. The fraction of sp³-hybridized carbons (Fsp3) is 0.136. The van der Waals surface area contributed by atoms with Crippen molar-refractivity contribution in [3.8, 4) is 5.75 Å². The molecule has 0 saturated heterocycles. The summed E-state index contributed by atoms with van der Waals surface area (Å²) in [4.78, 5) is 0. The second-order valence-electron chi connectivity index (χ2n) is 6.49. The van der Waals surface area contributed by atoms with E-state index in [0.717, 1.165) is 28.3 Å².